The van der Waals surface area contributed by atoms with Crippen molar-refractivity contribution in [1.82, 2.24) is 14.8 Å². The number of amides is 1. The molecule has 3 heterocycles. The summed E-state index contributed by atoms with van der Waals surface area (Å²) in [6.07, 6.45) is 4.62. The minimum Gasteiger partial charge on any atom is -0.379 e. The predicted molar refractivity (Wildman–Crippen MR) is 113 cm³/mol. The second kappa shape index (κ2) is 8.48. The number of aromatic nitrogens is 1. The lowest BCUT2D eigenvalue weighted by atomic mass is 10.1. The first-order valence-corrected chi connectivity index (χ1v) is 10.3. The van der Waals surface area contributed by atoms with Gasteiger partial charge < -0.3 is 4.74 Å². The van der Waals surface area contributed by atoms with Crippen molar-refractivity contribution in [2.24, 2.45) is 0 Å². The van der Waals surface area contributed by atoms with Gasteiger partial charge in [0.05, 0.1) is 23.6 Å². The van der Waals surface area contributed by atoms with Crippen LogP contribution >= 0.6 is 24.0 Å². The van der Waals surface area contributed by atoms with Gasteiger partial charge in [0.2, 0.25) is 0 Å². The second-order valence-corrected chi connectivity index (χ2v) is 8.27. The van der Waals surface area contributed by atoms with Gasteiger partial charge in [-0.2, -0.15) is 0 Å². The van der Waals surface area contributed by atoms with E-state index in [0.29, 0.717) is 15.8 Å². The second-order valence-electron chi connectivity index (χ2n) is 6.60. The maximum absolute atomic E-state index is 12.8. The van der Waals surface area contributed by atoms with Gasteiger partial charge >= 0.3 is 0 Å². The molecule has 0 aliphatic carbocycles. The zero-order chi connectivity index (χ0) is 18.6. The maximum Gasteiger partial charge on any atom is 0.266 e. The molecule has 140 valence electrons. The number of thioether (sulfide) groups is 1. The molecule has 0 saturated carbocycles. The largest absolute Gasteiger partial charge is 0.379 e. The first-order chi connectivity index (χ1) is 13.2. The van der Waals surface area contributed by atoms with Crippen LogP contribution in [0.15, 0.2) is 41.4 Å². The van der Waals surface area contributed by atoms with Crippen LogP contribution in [0.1, 0.15) is 12.0 Å². The Bertz CT molecular complexity index is 894. The average molecular weight is 400 g/mol. The minimum absolute atomic E-state index is 0.0123. The summed E-state index contributed by atoms with van der Waals surface area (Å²) >= 11 is 6.83. The van der Waals surface area contributed by atoms with Crippen LogP contribution in [0.25, 0.3) is 17.0 Å². The molecule has 7 heteroatoms. The van der Waals surface area contributed by atoms with E-state index in [1.54, 1.807) is 11.1 Å². The summed E-state index contributed by atoms with van der Waals surface area (Å²) in [6.45, 7) is 5.17. The minimum atomic E-state index is 0.0123. The first kappa shape index (κ1) is 18.6. The molecular weight excluding hydrogens is 378 g/mol. The lowest BCUT2D eigenvalue weighted by Crippen LogP contribution is -2.38. The van der Waals surface area contributed by atoms with Crippen molar-refractivity contribution in [3.63, 3.8) is 0 Å². The third-order valence-corrected chi connectivity index (χ3v) is 6.14. The number of fused-ring (bicyclic) bond motifs is 1. The number of carbonyl (C=O) groups excluding carboxylic acids is 1. The number of thiocarbonyl (C=S) groups is 1. The van der Waals surface area contributed by atoms with E-state index in [0.717, 1.165) is 55.7 Å². The fourth-order valence-corrected chi connectivity index (χ4v) is 4.61. The Morgan fingerprint density at radius 3 is 2.93 bits per heavy atom. The highest BCUT2D eigenvalue weighted by molar-refractivity contribution is 8.26. The highest BCUT2D eigenvalue weighted by Gasteiger charge is 2.31. The van der Waals surface area contributed by atoms with Gasteiger partial charge in [-0.15, -0.1) is 0 Å². The molecule has 0 spiro atoms. The van der Waals surface area contributed by atoms with Gasteiger partial charge in [-0.3, -0.25) is 19.6 Å². The number of hydrogen-bond acceptors (Lipinski definition) is 6. The zero-order valence-electron chi connectivity index (χ0n) is 15.0. The van der Waals surface area contributed by atoms with Gasteiger partial charge in [0, 0.05) is 37.8 Å². The molecule has 2 aliphatic heterocycles. The number of rotatable bonds is 5. The smallest absolute Gasteiger partial charge is 0.266 e. The molecule has 0 radical (unpaired) electrons. The van der Waals surface area contributed by atoms with E-state index >= 15 is 0 Å². The summed E-state index contributed by atoms with van der Waals surface area (Å²) in [5, 5.41) is 1.06. The van der Waals surface area contributed by atoms with Gasteiger partial charge in [-0.1, -0.05) is 36.1 Å². The van der Waals surface area contributed by atoms with E-state index in [2.05, 4.69) is 9.88 Å². The zero-order valence-corrected chi connectivity index (χ0v) is 16.6. The van der Waals surface area contributed by atoms with Crippen LogP contribution in [-0.2, 0) is 9.53 Å². The van der Waals surface area contributed by atoms with E-state index in [1.807, 2.05) is 36.4 Å². The van der Waals surface area contributed by atoms with Crippen molar-refractivity contribution in [2.75, 3.05) is 39.4 Å². The third kappa shape index (κ3) is 4.38. The lowest BCUT2D eigenvalue weighted by Gasteiger charge is -2.27. The Morgan fingerprint density at radius 2 is 2.07 bits per heavy atom. The van der Waals surface area contributed by atoms with Crippen molar-refractivity contribution in [3.05, 3.63) is 47.0 Å². The Kier molecular flexibility index (Phi) is 5.83. The Balaban J connectivity index is 1.41. The van der Waals surface area contributed by atoms with E-state index in [4.69, 9.17) is 17.0 Å². The molecule has 5 nitrogen and oxygen atoms in total. The fourth-order valence-electron chi connectivity index (χ4n) is 3.31. The number of carbonyl (C=O) groups is 1. The van der Waals surface area contributed by atoms with Crippen molar-refractivity contribution < 1.29 is 9.53 Å². The van der Waals surface area contributed by atoms with Crippen molar-refractivity contribution in [1.29, 1.82) is 0 Å². The molecular formula is C20H21N3O2S2. The van der Waals surface area contributed by atoms with Crippen LogP contribution in [-0.4, -0.2) is 64.4 Å². The third-order valence-electron chi connectivity index (χ3n) is 4.76. The van der Waals surface area contributed by atoms with Gasteiger partial charge in [0.15, 0.2) is 0 Å². The van der Waals surface area contributed by atoms with E-state index in [1.165, 1.54) is 11.8 Å². The number of ether oxygens (including phenoxy) is 1. The molecule has 2 saturated heterocycles. The molecule has 27 heavy (non-hydrogen) atoms. The molecule has 2 aromatic rings. The van der Waals surface area contributed by atoms with Crippen LogP contribution in [0.2, 0.25) is 0 Å². The molecule has 1 aromatic carbocycles. The Morgan fingerprint density at radius 1 is 1.22 bits per heavy atom. The molecule has 1 aromatic heterocycles. The molecule has 0 atom stereocenters. The highest BCUT2D eigenvalue weighted by Crippen LogP contribution is 2.33. The van der Waals surface area contributed by atoms with Crippen LogP contribution in [0.3, 0.4) is 0 Å². The fraction of sp³-hybridized carbons (Fsp3) is 0.350. The monoisotopic (exact) mass is 399 g/mol. The Hall–Kier alpha value is -1.80. The number of nitrogens with zero attached hydrogens (tertiary/aromatic N) is 3. The summed E-state index contributed by atoms with van der Waals surface area (Å²) in [5.41, 5.74) is 1.94. The molecule has 0 unspecified atom stereocenters. The number of hydrogen-bond donors (Lipinski definition) is 0. The number of benzene rings is 1. The topological polar surface area (TPSA) is 45.7 Å². The van der Waals surface area contributed by atoms with E-state index in [-0.39, 0.29) is 5.91 Å². The average Bonchev–Trinajstić information content (AvgIpc) is 2.96. The highest BCUT2D eigenvalue weighted by atomic mass is 32.2. The normalized spacial score (nSPS) is 20.1. The van der Waals surface area contributed by atoms with E-state index < -0.39 is 0 Å². The van der Waals surface area contributed by atoms with Gasteiger partial charge in [-0.25, -0.2) is 0 Å². The standard InChI is InChI=1S/C20H21N3O2S2/c24-19-18(14-15-4-5-17-16(13-15)3-1-6-21-17)27-20(26)23(19)8-2-7-22-9-11-25-12-10-22/h1,3-6,13-14H,2,7-12H2/b18-14+. The molecule has 1 amide bonds. The van der Waals surface area contributed by atoms with Crippen LogP contribution in [0.5, 0.6) is 0 Å². The summed E-state index contributed by atoms with van der Waals surface area (Å²) in [7, 11) is 0. The van der Waals surface area contributed by atoms with Gasteiger partial charge in [-0.05, 0) is 36.3 Å². The molecule has 0 bridgehead atoms. The van der Waals surface area contributed by atoms with Crippen LogP contribution in [0.4, 0.5) is 0 Å². The predicted octanol–water partition coefficient (Wildman–Crippen LogP) is 3.16. The lowest BCUT2D eigenvalue weighted by molar-refractivity contribution is -0.122. The SMILES string of the molecule is O=C1/C(=C\c2ccc3ncccc3c2)SC(=S)N1CCCN1CCOCC1. The van der Waals surface area contributed by atoms with Crippen molar-refractivity contribution >= 4 is 51.2 Å². The number of pyridine rings is 1. The van der Waals surface area contributed by atoms with Crippen LogP contribution < -0.4 is 0 Å². The maximum atomic E-state index is 12.8. The van der Waals surface area contributed by atoms with E-state index in [9.17, 15) is 4.79 Å². The summed E-state index contributed by atoms with van der Waals surface area (Å²) in [5.74, 6) is 0.0123. The van der Waals surface area contributed by atoms with Gasteiger partial charge in [0.25, 0.3) is 5.91 Å². The van der Waals surface area contributed by atoms with Crippen LogP contribution in [0, 0.1) is 0 Å². The summed E-state index contributed by atoms with van der Waals surface area (Å²) in [4.78, 5) is 21.9. The quantitative estimate of drug-likeness (QED) is 0.569. The first-order valence-electron chi connectivity index (χ1n) is 9.11. The molecule has 0 N–H and O–H groups in total. The van der Waals surface area contributed by atoms with Crippen molar-refractivity contribution in [3.8, 4) is 0 Å². The molecule has 2 fully saturated rings. The number of morpholine rings is 1. The Labute approximate surface area is 168 Å². The molecule has 4 rings (SSSR count). The summed E-state index contributed by atoms with van der Waals surface area (Å²) < 4.78 is 6.02. The van der Waals surface area contributed by atoms with Gasteiger partial charge in [0.1, 0.15) is 4.32 Å². The van der Waals surface area contributed by atoms with Crippen molar-refractivity contribution in [2.45, 2.75) is 6.42 Å². The summed E-state index contributed by atoms with van der Waals surface area (Å²) in [6, 6.07) is 9.95. The molecule has 2 aliphatic rings.